The van der Waals surface area contributed by atoms with E-state index in [1.54, 1.807) is 97.1 Å². The molecule has 2 aliphatic rings. The van der Waals surface area contributed by atoms with Crippen molar-refractivity contribution in [1.29, 1.82) is 0 Å². The van der Waals surface area contributed by atoms with Gasteiger partial charge in [0.25, 0.3) is 0 Å². The topological polar surface area (TPSA) is 36.9 Å². The molecule has 1 aliphatic heterocycles. The molecule has 2 heterocycles. The van der Waals surface area contributed by atoms with Crippen molar-refractivity contribution in [1.82, 2.24) is 0 Å². The molecule has 1 unspecified atom stereocenters. The Kier molecular flexibility index (Phi) is 10.0. The Bertz CT molecular complexity index is 2210. The predicted octanol–water partition coefficient (Wildman–Crippen LogP) is 12.2. The van der Waals surface area contributed by atoms with E-state index in [4.69, 9.17) is 18.9 Å². The summed E-state index contributed by atoms with van der Waals surface area (Å²) < 4.78 is 119. The minimum atomic E-state index is -5.73. The zero-order valence-corrected chi connectivity index (χ0v) is 31.2. The average molecular weight is 781 g/mol. The maximum absolute atomic E-state index is 16.6. The molecule has 12 heteroatoms. The van der Waals surface area contributed by atoms with Crippen molar-refractivity contribution in [2.75, 3.05) is 28.4 Å². The number of halogens is 6. The van der Waals surface area contributed by atoms with Crippen LogP contribution in [0.2, 0.25) is 0 Å². The fourth-order valence-corrected chi connectivity index (χ4v) is 9.45. The fraction of sp³-hybridized carbons (Fsp3) is 0.238. The number of hydrogen-bond donors (Lipinski definition) is 0. The van der Waals surface area contributed by atoms with E-state index in [9.17, 15) is 0 Å². The van der Waals surface area contributed by atoms with Crippen molar-refractivity contribution in [3.05, 3.63) is 136 Å². The summed E-state index contributed by atoms with van der Waals surface area (Å²) in [6, 6.07) is 28.2. The van der Waals surface area contributed by atoms with Crippen LogP contribution in [0.4, 0.5) is 26.3 Å². The molecule has 0 amide bonds. The van der Waals surface area contributed by atoms with Gasteiger partial charge in [-0.05, 0) is 118 Å². The SMILES string of the molecule is COc1ccc(CC2=C(C3=C(c4cc(-c5ccc(OC)cc5)sc4-c4ccc(OC)cc4)C(F)(F)C(F)(F)C3(F)F)CC(c3ccc(OC)cc3)S2)cc1. The smallest absolute Gasteiger partial charge is 0.380 e. The van der Waals surface area contributed by atoms with Crippen LogP contribution in [0, 0.1) is 0 Å². The van der Waals surface area contributed by atoms with Crippen LogP contribution in [0.1, 0.15) is 28.4 Å². The van der Waals surface area contributed by atoms with Crippen molar-refractivity contribution >= 4 is 28.7 Å². The number of rotatable bonds is 11. The van der Waals surface area contributed by atoms with Crippen molar-refractivity contribution in [2.45, 2.75) is 35.9 Å². The van der Waals surface area contributed by atoms with Crippen LogP contribution in [-0.2, 0) is 6.42 Å². The van der Waals surface area contributed by atoms with E-state index >= 15 is 26.3 Å². The lowest BCUT2D eigenvalue weighted by molar-refractivity contribution is -0.259. The zero-order chi connectivity index (χ0) is 38.4. The van der Waals surface area contributed by atoms with Gasteiger partial charge in [0.2, 0.25) is 0 Å². The van der Waals surface area contributed by atoms with Crippen LogP contribution in [0.5, 0.6) is 23.0 Å². The molecule has 4 nitrogen and oxygen atoms in total. The Morgan fingerprint density at radius 1 is 0.593 bits per heavy atom. The molecule has 280 valence electrons. The van der Waals surface area contributed by atoms with Crippen LogP contribution >= 0.6 is 23.1 Å². The van der Waals surface area contributed by atoms with Gasteiger partial charge in [0.05, 0.1) is 28.4 Å². The highest BCUT2D eigenvalue weighted by Gasteiger charge is 2.80. The van der Waals surface area contributed by atoms with E-state index in [1.807, 2.05) is 0 Å². The second-order valence-corrected chi connectivity index (χ2v) is 15.1. The van der Waals surface area contributed by atoms with Crippen molar-refractivity contribution in [3.63, 3.8) is 0 Å². The molecular weight excluding hydrogens is 747 g/mol. The summed E-state index contributed by atoms with van der Waals surface area (Å²) >= 11 is 2.26. The normalized spacial score (nSPS) is 18.6. The molecule has 4 aromatic carbocycles. The zero-order valence-electron chi connectivity index (χ0n) is 29.5. The van der Waals surface area contributed by atoms with Gasteiger partial charge in [-0.2, -0.15) is 26.3 Å². The lowest BCUT2D eigenvalue weighted by Crippen LogP contribution is -2.49. The molecule has 0 spiro atoms. The molecule has 0 N–H and O–H groups in total. The highest BCUT2D eigenvalue weighted by molar-refractivity contribution is 8.03. The van der Waals surface area contributed by atoms with Crippen LogP contribution in [0.25, 0.3) is 26.5 Å². The highest BCUT2D eigenvalue weighted by Crippen LogP contribution is 2.67. The summed E-state index contributed by atoms with van der Waals surface area (Å²) in [6.45, 7) is 0. The Morgan fingerprint density at radius 2 is 1.06 bits per heavy atom. The van der Waals surface area contributed by atoms with Gasteiger partial charge in [-0.15, -0.1) is 23.1 Å². The summed E-state index contributed by atoms with van der Waals surface area (Å²) in [5.74, 6) is -14.1. The number of ether oxygens (including phenoxy) is 4. The Hall–Kier alpha value is -4.81. The first-order valence-electron chi connectivity index (χ1n) is 16.8. The summed E-state index contributed by atoms with van der Waals surface area (Å²) in [5, 5.41) is -0.523. The standard InChI is InChI=1S/C42H34F6O4S2/c1-49-28-13-5-24(6-14-28)21-36-32(22-34(53-36)25-7-15-29(50-2)16-8-25)37-38(41(45,46)42(47,48)40(37,43)44)33-23-35(26-9-17-30(51-3)18-10-26)54-39(33)27-11-19-31(52-4)20-12-27/h5-20,23,34H,21-22H2,1-4H3. The third kappa shape index (κ3) is 6.42. The number of allylic oxidation sites excluding steroid dienone is 4. The van der Waals surface area contributed by atoms with E-state index in [0.29, 0.717) is 55.0 Å². The second kappa shape index (κ2) is 14.4. The van der Waals surface area contributed by atoms with E-state index < -0.39 is 34.2 Å². The second-order valence-electron chi connectivity index (χ2n) is 12.8. The molecule has 7 rings (SSSR count). The molecule has 1 atom stereocenters. The van der Waals surface area contributed by atoms with E-state index in [0.717, 1.165) is 11.3 Å². The van der Waals surface area contributed by atoms with E-state index in [1.165, 1.54) is 46.3 Å². The third-order valence-corrected chi connectivity index (χ3v) is 12.4. The molecule has 0 radical (unpaired) electrons. The molecule has 0 bridgehead atoms. The van der Waals surface area contributed by atoms with Gasteiger partial charge >= 0.3 is 17.8 Å². The molecular formula is C42H34F6O4S2. The molecule has 5 aromatic rings. The third-order valence-electron chi connectivity index (χ3n) is 9.72. The minimum absolute atomic E-state index is 0.0483. The fourth-order valence-electron chi connectivity index (χ4n) is 6.81. The molecule has 0 fully saturated rings. The van der Waals surface area contributed by atoms with Gasteiger partial charge < -0.3 is 18.9 Å². The van der Waals surface area contributed by atoms with Crippen LogP contribution < -0.4 is 18.9 Å². The highest BCUT2D eigenvalue weighted by atomic mass is 32.2. The first-order valence-corrected chi connectivity index (χ1v) is 18.5. The van der Waals surface area contributed by atoms with Gasteiger partial charge in [-0.1, -0.05) is 24.3 Å². The first kappa shape index (κ1) is 37.5. The van der Waals surface area contributed by atoms with Crippen LogP contribution in [0.15, 0.2) is 119 Å². The monoisotopic (exact) mass is 780 g/mol. The van der Waals surface area contributed by atoms with Gasteiger partial charge in [-0.3, -0.25) is 0 Å². The Labute approximate surface area is 317 Å². The Balaban J connectivity index is 1.48. The van der Waals surface area contributed by atoms with Crippen LogP contribution in [-0.4, -0.2) is 46.2 Å². The molecule has 1 aromatic heterocycles. The largest absolute Gasteiger partial charge is 0.497 e. The minimum Gasteiger partial charge on any atom is -0.497 e. The maximum atomic E-state index is 16.6. The van der Waals surface area contributed by atoms with Crippen molar-refractivity contribution in [3.8, 4) is 43.9 Å². The van der Waals surface area contributed by atoms with E-state index in [2.05, 4.69) is 0 Å². The predicted molar refractivity (Wildman–Crippen MR) is 202 cm³/mol. The first-order chi connectivity index (χ1) is 25.8. The number of benzene rings is 4. The molecule has 0 saturated carbocycles. The van der Waals surface area contributed by atoms with Crippen molar-refractivity contribution < 1.29 is 45.3 Å². The lowest BCUT2D eigenvalue weighted by Gasteiger charge is -2.26. The molecule has 0 saturated heterocycles. The summed E-state index contributed by atoms with van der Waals surface area (Å²) in [4.78, 5) is 0.862. The number of thiophene rings is 1. The molecule has 54 heavy (non-hydrogen) atoms. The maximum Gasteiger partial charge on any atom is 0.380 e. The quantitative estimate of drug-likeness (QED) is 0.125. The number of alkyl halides is 6. The van der Waals surface area contributed by atoms with E-state index in [-0.39, 0.29) is 28.9 Å². The number of hydrogen-bond acceptors (Lipinski definition) is 6. The lowest BCUT2D eigenvalue weighted by atomic mass is 9.89. The molecule has 1 aliphatic carbocycles. The summed E-state index contributed by atoms with van der Waals surface area (Å²) in [6.07, 6.45) is -0.136. The number of methoxy groups -OCH3 is 4. The van der Waals surface area contributed by atoms with Gasteiger partial charge in [0.15, 0.2) is 0 Å². The summed E-state index contributed by atoms with van der Waals surface area (Å²) in [5.41, 5.74) is -0.991. The van der Waals surface area contributed by atoms with Crippen LogP contribution in [0.3, 0.4) is 0 Å². The van der Waals surface area contributed by atoms with Gasteiger partial charge in [0, 0.05) is 38.1 Å². The average Bonchev–Trinajstić information content (AvgIpc) is 3.83. The summed E-state index contributed by atoms with van der Waals surface area (Å²) in [7, 11) is 5.97. The number of thioether (sulfide) groups is 1. The van der Waals surface area contributed by atoms with Gasteiger partial charge in [0.1, 0.15) is 23.0 Å². The van der Waals surface area contributed by atoms with Crippen molar-refractivity contribution in [2.24, 2.45) is 0 Å². The van der Waals surface area contributed by atoms with Gasteiger partial charge in [-0.25, -0.2) is 0 Å². The Morgan fingerprint density at radius 3 is 1.57 bits per heavy atom.